The van der Waals surface area contributed by atoms with Gasteiger partial charge in [-0.3, -0.25) is 0 Å². The fourth-order valence-electron chi connectivity index (χ4n) is 16.0. The molecule has 0 fully saturated rings. The van der Waals surface area contributed by atoms with Crippen molar-refractivity contribution in [3.05, 3.63) is 176 Å². The van der Waals surface area contributed by atoms with Crippen molar-refractivity contribution in [2.75, 3.05) is 0 Å². The molecule has 0 heterocycles. The Kier molecular flexibility index (Phi) is 7.48. The first-order valence-corrected chi connectivity index (χ1v) is 26.1. The van der Waals surface area contributed by atoms with Crippen LogP contribution in [0, 0.1) is 83.1 Å². The molecule has 0 N–H and O–H groups in total. The smallest absolute Gasteiger partial charge is 0.0000675 e. The molecule has 0 bridgehead atoms. The number of aryl methyl sites for hydroxylation is 12. The Bertz CT molecular complexity index is 4520. The summed E-state index contributed by atoms with van der Waals surface area (Å²) in [7, 11) is 0. The topological polar surface area (TPSA) is 0 Å². The van der Waals surface area contributed by atoms with Gasteiger partial charge in [0.05, 0.1) is 0 Å². The van der Waals surface area contributed by atoms with Crippen molar-refractivity contribution in [3.63, 3.8) is 0 Å². The van der Waals surface area contributed by atoms with Crippen LogP contribution in [-0.2, 0) is 0 Å². The first-order chi connectivity index (χ1) is 34.6. The van der Waals surface area contributed by atoms with Gasteiger partial charge in [0.15, 0.2) is 0 Å². The summed E-state index contributed by atoms with van der Waals surface area (Å²) < 4.78 is 0. The van der Waals surface area contributed by atoms with Crippen molar-refractivity contribution in [2.24, 2.45) is 0 Å². The van der Waals surface area contributed by atoms with E-state index in [-0.39, 0.29) is 0 Å². The SMILES string of the molecule is Cc1cc(C)cc(-c2c3cc(C)cc(C)c3c3cc4c5c(-c6cc(C)cc(C)c6)c6cc(C)cc(C)c6c6cc7c8c(-c9cc(C)cc(C)c9)c9cc(C)cc(C)c9c9cc%10c2c3c2c4c(c65)c7c(c98)c%102)c1. The average molecular weight is 919 g/mol. The van der Waals surface area contributed by atoms with Gasteiger partial charge < -0.3 is 0 Å². The van der Waals surface area contributed by atoms with E-state index in [1.807, 2.05) is 0 Å². The first-order valence-electron chi connectivity index (χ1n) is 26.1. The molecule has 342 valence electrons. The quantitative estimate of drug-likeness (QED) is 0.155. The number of hydrogen-bond acceptors (Lipinski definition) is 0. The molecule has 0 unspecified atom stereocenters. The van der Waals surface area contributed by atoms with Gasteiger partial charge in [0.2, 0.25) is 0 Å². The van der Waals surface area contributed by atoms with Crippen molar-refractivity contribution in [1.82, 2.24) is 0 Å². The Morgan fingerprint density at radius 3 is 0.611 bits per heavy atom. The minimum atomic E-state index is 1.30. The number of fused-ring (bicyclic) bond motifs is 9. The van der Waals surface area contributed by atoms with E-state index in [0.29, 0.717) is 0 Å². The molecule has 16 aromatic carbocycles. The van der Waals surface area contributed by atoms with Crippen molar-refractivity contribution in [3.8, 4) is 33.4 Å². The summed E-state index contributed by atoms with van der Waals surface area (Å²) in [4.78, 5) is 0. The molecule has 16 aromatic rings. The number of benzene rings is 13. The van der Waals surface area contributed by atoms with Crippen LogP contribution in [0.2, 0.25) is 0 Å². The monoisotopic (exact) mass is 918 g/mol. The molecule has 72 heavy (non-hydrogen) atoms. The van der Waals surface area contributed by atoms with Gasteiger partial charge >= 0.3 is 0 Å². The van der Waals surface area contributed by atoms with Gasteiger partial charge in [0.25, 0.3) is 0 Å². The predicted octanol–water partition coefficient (Wildman–Crippen LogP) is 20.9. The lowest BCUT2D eigenvalue weighted by Crippen LogP contribution is -1.92. The lowest BCUT2D eigenvalue weighted by atomic mass is 9.85. The maximum Gasteiger partial charge on any atom is -0.0000675 e. The second-order valence-electron chi connectivity index (χ2n) is 23.2. The van der Waals surface area contributed by atoms with Crippen molar-refractivity contribution in [1.29, 1.82) is 0 Å². The zero-order valence-electron chi connectivity index (χ0n) is 43.4. The maximum atomic E-state index is 2.69. The van der Waals surface area contributed by atoms with Gasteiger partial charge in [-0.05, 0) is 281 Å². The molecule has 0 radical (unpaired) electrons. The fourth-order valence-corrected chi connectivity index (χ4v) is 16.0. The van der Waals surface area contributed by atoms with Crippen LogP contribution in [0.1, 0.15) is 66.8 Å². The van der Waals surface area contributed by atoms with Crippen LogP contribution in [0.4, 0.5) is 0 Å². The van der Waals surface area contributed by atoms with Gasteiger partial charge in [0.1, 0.15) is 0 Å². The molecular formula is C72H54. The van der Waals surface area contributed by atoms with Crippen LogP contribution >= 0.6 is 0 Å². The van der Waals surface area contributed by atoms with Crippen LogP contribution in [0.3, 0.4) is 0 Å². The van der Waals surface area contributed by atoms with Crippen LogP contribution in [0.15, 0.2) is 109 Å². The summed E-state index contributed by atoms with van der Waals surface area (Å²) >= 11 is 0. The van der Waals surface area contributed by atoms with Crippen molar-refractivity contribution < 1.29 is 0 Å². The largest absolute Gasteiger partial charge is 0.0563 e. The van der Waals surface area contributed by atoms with Crippen molar-refractivity contribution in [2.45, 2.75) is 83.1 Å². The molecule has 0 heteroatoms. The standard InChI is InChI=1S/C72H54/c1-31-13-32(2)20-43(19-31)58-46-25-37(7)16-40(10)55(46)49-29-53-62-60(45-23-35(5)15-36(6)24-45)48-27-39(9)18-42(12)57(48)51-30-54-63-59(44-21-33(3)14-34(4)22-44)47-26-38(8)17-41(11)56(47)50-28-52-61(58)64(49)70-67(52)71(65(50)63)69(54)72(66(51)62)68(53)70/h13-30H,1-12H3. The molecule has 16 rings (SSSR count). The van der Waals surface area contributed by atoms with Gasteiger partial charge in [-0.15, -0.1) is 0 Å². The second kappa shape index (κ2) is 13.2. The zero-order valence-corrected chi connectivity index (χ0v) is 43.4. The number of hydrogen-bond donors (Lipinski definition) is 0. The molecule has 0 saturated carbocycles. The average Bonchev–Trinajstić information content (AvgIpc) is 3.97. The van der Waals surface area contributed by atoms with Gasteiger partial charge in [0, 0.05) is 0 Å². The molecule has 0 aliphatic carbocycles. The third-order valence-electron chi connectivity index (χ3n) is 17.6. The molecule has 0 atom stereocenters. The third-order valence-corrected chi connectivity index (χ3v) is 17.6. The minimum absolute atomic E-state index is 1.30. The Morgan fingerprint density at radius 2 is 0.361 bits per heavy atom. The van der Waals surface area contributed by atoms with E-state index in [4.69, 9.17) is 0 Å². The van der Waals surface area contributed by atoms with Crippen LogP contribution in [0.25, 0.3) is 163 Å². The Hall–Kier alpha value is -7.80. The highest BCUT2D eigenvalue weighted by atomic mass is 14.4. The molecule has 0 amide bonds. The molecule has 0 saturated heterocycles. The summed E-state index contributed by atoms with van der Waals surface area (Å²) in [6.45, 7) is 27.6. The summed E-state index contributed by atoms with van der Waals surface area (Å²) in [6.07, 6.45) is 0. The lowest BCUT2D eigenvalue weighted by Gasteiger charge is -2.18. The normalized spacial score (nSPS) is 13.0. The Balaban J connectivity index is 1.32. The van der Waals surface area contributed by atoms with E-state index in [2.05, 4.69) is 192 Å². The zero-order chi connectivity index (χ0) is 49.0. The Morgan fingerprint density at radius 1 is 0.153 bits per heavy atom. The Labute approximate surface area is 419 Å². The molecular weight excluding hydrogens is 865 g/mol. The van der Waals surface area contributed by atoms with E-state index in [1.165, 1.54) is 229 Å². The van der Waals surface area contributed by atoms with Crippen LogP contribution in [-0.4, -0.2) is 0 Å². The van der Waals surface area contributed by atoms with Gasteiger partial charge in [-0.2, -0.15) is 0 Å². The van der Waals surface area contributed by atoms with E-state index >= 15 is 0 Å². The molecule has 0 aliphatic heterocycles. The minimum Gasteiger partial charge on any atom is -0.0563 e. The number of rotatable bonds is 3. The lowest BCUT2D eigenvalue weighted by molar-refractivity contribution is 1.39. The fraction of sp³-hybridized carbons (Fsp3) is 0.167. The molecule has 0 spiro atoms. The van der Waals surface area contributed by atoms with Crippen molar-refractivity contribution >= 4 is 129 Å². The molecule has 0 aromatic heterocycles. The van der Waals surface area contributed by atoms with Crippen LogP contribution < -0.4 is 0 Å². The highest BCUT2D eigenvalue weighted by Crippen LogP contribution is 2.64. The van der Waals surface area contributed by atoms with Gasteiger partial charge in [-0.25, -0.2) is 0 Å². The highest BCUT2D eigenvalue weighted by Gasteiger charge is 2.36. The molecule has 0 aliphatic rings. The predicted molar refractivity (Wildman–Crippen MR) is 317 cm³/mol. The van der Waals surface area contributed by atoms with E-state index in [9.17, 15) is 0 Å². The van der Waals surface area contributed by atoms with Gasteiger partial charge in [-0.1, -0.05) is 141 Å². The second-order valence-corrected chi connectivity index (χ2v) is 23.2. The third kappa shape index (κ3) is 4.80. The summed E-state index contributed by atoms with van der Waals surface area (Å²) in [5.74, 6) is 0. The van der Waals surface area contributed by atoms with Crippen LogP contribution in [0.5, 0.6) is 0 Å². The summed E-state index contributed by atoms with van der Waals surface area (Å²) in [5, 5.41) is 33.9. The summed E-state index contributed by atoms with van der Waals surface area (Å²) in [6, 6.07) is 44.7. The molecule has 0 nitrogen and oxygen atoms in total. The summed E-state index contributed by atoms with van der Waals surface area (Å²) in [5.41, 5.74) is 23.8. The highest BCUT2D eigenvalue weighted by molar-refractivity contribution is 6.62. The first kappa shape index (κ1) is 40.9. The maximum absolute atomic E-state index is 2.69. The van der Waals surface area contributed by atoms with E-state index in [0.717, 1.165) is 0 Å². The van der Waals surface area contributed by atoms with E-state index in [1.54, 1.807) is 0 Å². The van der Waals surface area contributed by atoms with E-state index < -0.39 is 0 Å².